The first-order valence-electron chi connectivity index (χ1n) is 8.08. The molecule has 0 bridgehead atoms. The molecule has 2 rings (SSSR count). The Kier molecular flexibility index (Phi) is 6.38. The van der Waals surface area contributed by atoms with Crippen LogP contribution in [0.3, 0.4) is 0 Å². The average molecular weight is 382 g/mol. The predicted molar refractivity (Wildman–Crippen MR) is 91.7 cm³/mol. The molecule has 0 saturated heterocycles. The number of carbonyl (C=O) groups is 1. The van der Waals surface area contributed by atoms with Crippen molar-refractivity contribution in [1.82, 2.24) is 5.32 Å². The summed E-state index contributed by atoms with van der Waals surface area (Å²) in [7, 11) is 0. The van der Waals surface area contributed by atoms with Crippen molar-refractivity contribution in [1.29, 1.82) is 0 Å². The van der Waals surface area contributed by atoms with Crippen molar-refractivity contribution in [3.63, 3.8) is 0 Å². The Bertz CT molecular complexity index is 820. The largest absolute Gasteiger partial charge is 0.487 e. The lowest BCUT2D eigenvalue weighted by atomic mass is 10.1. The Balaban J connectivity index is 1.97. The van der Waals surface area contributed by atoms with E-state index < -0.39 is 22.6 Å². The van der Waals surface area contributed by atoms with E-state index >= 15 is 0 Å². The number of halogens is 3. The van der Waals surface area contributed by atoms with Crippen LogP contribution >= 0.6 is 0 Å². The number of hydrogen-bond donors (Lipinski definition) is 1. The zero-order valence-electron chi connectivity index (χ0n) is 14.4. The SMILES string of the molecule is CCOc1ccc(C(=O)NCCc2ccc(C(F)(F)F)cc2)cc1[N+](=O)[O-]. The number of amides is 1. The van der Waals surface area contributed by atoms with Gasteiger partial charge in [-0.15, -0.1) is 0 Å². The molecule has 2 aromatic rings. The minimum atomic E-state index is -4.39. The van der Waals surface area contributed by atoms with Gasteiger partial charge in [0.15, 0.2) is 5.75 Å². The molecule has 1 N–H and O–H groups in total. The fraction of sp³-hybridized carbons (Fsp3) is 0.278. The van der Waals surface area contributed by atoms with E-state index in [1.807, 2.05) is 0 Å². The Morgan fingerprint density at radius 1 is 1.19 bits per heavy atom. The molecular formula is C18H17F3N2O4. The summed E-state index contributed by atoms with van der Waals surface area (Å²) >= 11 is 0. The number of benzene rings is 2. The standard InChI is InChI=1S/C18H17F3N2O4/c1-2-27-16-8-5-13(11-15(16)23(25)26)17(24)22-10-9-12-3-6-14(7-4-12)18(19,20)21/h3-8,11H,2,9-10H2,1H3,(H,22,24). The lowest BCUT2D eigenvalue weighted by Gasteiger charge is -2.09. The zero-order chi connectivity index (χ0) is 20.0. The number of alkyl halides is 3. The predicted octanol–water partition coefficient (Wildman–Crippen LogP) is 3.98. The van der Waals surface area contributed by atoms with Crippen LogP contribution in [-0.4, -0.2) is 24.0 Å². The molecule has 0 heterocycles. The molecule has 144 valence electrons. The number of nitrogens with zero attached hydrogens (tertiary/aromatic N) is 1. The molecule has 2 aromatic carbocycles. The van der Waals surface area contributed by atoms with Gasteiger partial charge in [-0.05, 0) is 43.2 Å². The van der Waals surface area contributed by atoms with Crippen LogP contribution in [-0.2, 0) is 12.6 Å². The summed E-state index contributed by atoms with van der Waals surface area (Å²) < 4.78 is 42.7. The summed E-state index contributed by atoms with van der Waals surface area (Å²) in [6, 6.07) is 8.53. The number of hydrogen-bond acceptors (Lipinski definition) is 4. The highest BCUT2D eigenvalue weighted by molar-refractivity contribution is 5.95. The second kappa shape index (κ2) is 8.52. The van der Waals surface area contributed by atoms with Crippen LogP contribution in [0.4, 0.5) is 18.9 Å². The van der Waals surface area contributed by atoms with Gasteiger partial charge in [-0.3, -0.25) is 14.9 Å². The van der Waals surface area contributed by atoms with Crippen molar-refractivity contribution in [3.8, 4) is 5.75 Å². The molecular weight excluding hydrogens is 365 g/mol. The monoisotopic (exact) mass is 382 g/mol. The maximum atomic E-state index is 12.5. The highest BCUT2D eigenvalue weighted by Gasteiger charge is 2.29. The summed E-state index contributed by atoms with van der Waals surface area (Å²) in [5.74, 6) is -0.447. The number of nitrogens with one attached hydrogen (secondary N) is 1. The first-order valence-corrected chi connectivity index (χ1v) is 8.08. The van der Waals surface area contributed by atoms with Crippen LogP contribution in [0.1, 0.15) is 28.4 Å². The van der Waals surface area contributed by atoms with E-state index in [0.717, 1.165) is 18.2 Å². The first-order chi connectivity index (χ1) is 12.7. The lowest BCUT2D eigenvalue weighted by molar-refractivity contribution is -0.385. The van der Waals surface area contributed by atoms with Gasteiger partial charge < -0.3 is 10.1 Å². The quantitative estimate of drug-likeness (QED) is 0.580. The van der Waals surface area contributed by atoms with Crippen LogP contribution in [0.5, 0.6) is 5.75 Å². The fourth-order valence-corrected chi connectivity index (χ4v) is 2.36. The molecule has 0 spiro atoms. The highest BCUT2D eigenvalue weighted by atomic mass is 19.4. The van der Waals surface area contributed by atoms with Gasteiger partial charge in [0.05, 0.1) is 17.1 Å². The Morgan fingerprint density at radius 3 is 2.41 bits per heavy atom. The van der Waals surface area contributed by atoms with Gasteiger partial charge >= 0.3 is 11.9 Å². The third-order valence-corrected chi connectivity index (χ3v) is 3.70. The molecule has 0 saturated carbocycles. The van der Waals surface area contributed by atoms with Gasteiger partial charge in [-0.1, -0.05) is 12.1 Å². The van der Waals surface area contributed by atoms with Gasteiger partial charge in [-0.2, -0.15) is 13.2 Å². The summed E-state index contributed by atoms with van der Waals surface area (Å²) in [5, 5.41) is 13.7. The van der Waals surface area contributed by atoms with Crippen molar-refractivity contribution in [2.24, 2.45) is 0 Å². The van der Waals surface area contributed by atoms with E-state index in [2.05, 4.69) is 5.32 Å². The van der Waals surface area contributed by atoms with Gasteiger partial charge in [0.25, 0.3) is 5.91 Å². The van der Waals surface area contributed by atoms with Crippen LogP contribution in [0.25, 0.3) is 0 Å². The third kappa shape index (κ3) is 5.44. The van der Waals surface area contributed by atoms with E-state index in [9.17, 15) is 28.1 Å². The minimum Gasteiger partial charge on any atom is -0.487 e. The number of ether oxygens (including phenoxy) is 1. The lowest BCUT2D eigenvalue weighted by Crippen LogP contribution is -2.25. The van der Waals surface area contributed by atoms with Crippen LogP contribution in [0, 0.1) is 10.1 Å². The third-order valence-electron chi connectivity index (χ3n) is 3.70. The molecule has 0 aliphatic rings. The summed E-state index contributed by atoms with van der Waals surface area (Å²) in [6.45, 7) is 2.11. The number of rotatable bonds is 7. The molecule has 0 unspecified atom stereocenters. The summed E-state index contributed by atoms with van der Waals surface area (Å²) in [6.07, 6.45) is -4.07. The molecule has 0 aliphatic carbocycles. The van der Waals surface area contributed by atoms with Crippen LogP contribution in [0.15, 0.2) is 42.5 Å². The normalized spacial score (nSPS) is 11.1. The number of nitro benzene ring substituents is 1. The van der Waals surface area contributed by atoms with Gasteiger partial charge in [0.1, 0.15) is 0 Å². The highest BCUT2D eigenvalue weighted by Crippen LogP contribution is 2.29. The maximum Gasteiger partial charge on any atom is 0.416 e. The average Bonchev–Trinajstić information content (AvgIpc) is 2.61. The van der Waals surface area contributed by atoms with Gasteiger partial charge in [-0.25, -0.2) is 0 Å². The summed E-state index contributed by atoms with van der Waals surface area (Å²) in [5.41, 5.74) is -0.331. The molecule has 1 amide bonds. The van der Waals surface area contributed by atoms with Crippen molar-refractivity contribution in [2.45, 2.75) is 19.5 Å². The fourth-order valence-electron chi connectivity index (χ4n) is 2.36. The molecule has 27 heavy (non-hydrogen) atoms. The second-order valence-corrected chi connectivity index (χ2v) is 5.57. The minimum absolute atomic E-state index is 0.0730. The smallest absolute Gasteiger partial charge is 0.416 e. The topological polar surface area (TPSA) is 81.5 Å². The van der Waals surface area contributed by atoms with Crippen molar-refractivity contribution in [2.75, 3.05) is 13.2 Å². The van der Waals surface area contributed by atoms with Crippen molar-refractivity contribution < 1.29 is 27.6 Å². The molecule has 0 aliphatic heterocycles. The van der Waals surface area contributed by atoms with E-state index in [1.54, 1.807) is 6.92 Å². The molecule has 0 aromatic heterocycles. The molecule has 6 nitrogen and oxygen atoms in total. The Hall–Kier alpha value is -3.10. The molecule has 0 atom stereocenters. The molecule has 0 fully saturated rings. The zero-order valence-corrected chi connectivity index (χ0v) is 14.4. The van der Waals surface area contributed by atoms with Gasteiger partial charge in [0.2, 0.25) is 0 Å². The van der Waals surface area contributed by atoms with Crippen molar-refractivity contribution >= 4 is 11.6 Å². The van der Waals surface area contributed by atoms with Crippen molar-refractivity contribution in [3.05, 3.63) is 69.3 Å². The van der Waals surface area contributed by atoms with Gasteiger partial charge in [0, 0.05) is 18.2 Å². The number of carbonyl (C=O) groups excluding carboxylic acids is 1. The van der Waals surface area contributed by atoms with E-state index in [-0.39, 0.29) is 30.2 Å². The Morgan fingerprint density at radius 2 is 1.85 bits per heavy atom. The Labute approximate surface area is 153 Å². The summed E-state index contributed by atoms with van der Waals surface area (Å²) in [4.78, 5) is 22.6. The van der Waals surface area contributed by atoms with E-state index in [0.29, 0.717) is 12.0 Å². The first kappa shape index (κ1) is 20.2. The van der Waals surface area contributed by atoms with E-state index in [1.165, 1.54) is 24.3 Å². The molecule has 0 radical (unpaired) electrons. The van der Waals surface area contributed by atoms with E-state index in [4.69, 9.17) is 4.74 Å². The second-order valence-electron chi connectivity index (χ2n) is 5.57. The van der Waals surface area contributed by atoms with Crippen LogP contribution < -0.4 is 10.1 Å². The maximum absolute atomic E-state index is 12.5. The number of nitro groups is 1. The molecule has 9 heteroatoms. The van der Waals surface area contributed by atoms with Crippen LogP contribution in [0.2, 0.25) is 0 Å².